The van der Waals surface area contributed by atoms with Crippen molar-refractivity contribution in [2.75, 3.05) is 26.2 Å². The molecule has 0 saturated carbocycles. The number of hydrogen-bond donors (Lipinski definition) is 3. The molecule has 0 heterocycles. The summed E-state index contributed by atoms with van der Waals surface area (Å²) >= 11 is 0. The quantitative estimate of drug-likeness (QED) is 0.384. The molecule has 0 aromatic heterocycles. The van der Waals surface area contributed by atoms with Gasteiger partial charge in [-0.05, 0) is 32.0 Å². The number of carbonyl (C=O) groups is 1. The predicted molar refractivity (Wildman–Crippen MR) is 71.6 cm³/mol. The fourth-order valence-corrected chi connectivity index (χ4v) is 1.82. The lowest BCUT2D eigenvalue weighted by Crippen LogP contribution is -3.11. The summed E-state index contributed by atoms with van der Waals surface area (Å²) in [6, 6.07) is 3.90. The molecule has 106 valence electrons. The van der Waals surface area contributed by atoms with E-state index in [9.17, 15) is 9.90 Å². The van der Waals surface area contributed by atoms with Crippen LogP contribution in [0.15, 0.2) is 18.2 Å². The molecule has 0 bridgehead atoms. The van der Waals surface area contributed by atoms with Crippen LogP contribution in [-0.4, -0.2) is 42.4 Å². The van der Waals surface area contributed by atoms with Gasteiger partial charge in [-0.15, -0.1) is 0 Å². The molecule has 1 rings (SSSR count). The number of carbonyl (C=O) groups excluding carboxylic acids is 1. The summed E-state index contributed by atoms with van der Waals surface area (Å²) in [7, 11) is 0. The maximum Gasteiger partial charge on any atom is 0.338 e. The van der Waals surface area contributed by atoms with Gasteiger partial charge in [0.15, 0.2) is 11.5 Å². The van der Waals surface area contributed by atoms with Crippen molar-refractivity contribution < 1.29 is 24.6 Å². The highest BCUT2D eigenvalue weighted by molar-refractivity contribution is 5.90. The monoisotopic (exact) mass is 268 g/mol. The fourth-order valence-electron chi connectivity index (χ4n) is 1.82. The van der Waals surface area contributed by atoms with Gasteiger partial charge in [-0.25, -0.2) is 4.79 Å². The minimum atomic E-state index is -0.482. The number of esters is 1. The van der Waals surface area contributed by atoms with E-state index >= 15 is 0 Å². The molecular formula is C14H22NO4+. The number of hydrogen-bond acceptors (Lipinski definition) is 4. The molecule has 0 amide bonds. The number of ether oxygens (including phenoxy) is 1. The Hall–Kier alpha value is -1.75. The summed E-state index contributed by atoms with van der Waals surface area (Å²) in [6.07, 6.45) is 0.812. The number of aromatic hydroxyl groups is 2. The van der Waals surface area contributed by atoms with E-state index in [2.05, 4.69) is 13.8 Å². The van der Waals surface area contributed by atoms with Gasteiger partial charge in [-0.2, -0.15) is 0 Å². The van der Waals surface area contributed by atoms with Crippen LogP contribution in [0.4, 0.5) is 0 Å². The largest absolute Gasteiger partial charge is 0.504 e. The molecule has 0 aliphatic heterocycles. The zero-order chi connectivity index (χ0) is 14.3. The SMILES string of the molecule is CC[NH+](CC)CCCOC(=O)c1ccc(O)c(O)c1. The van der Waals surface area contributed by atoms with Gasteiger partial charge in [-0.3, -0.25) is 0 Å². The Morgan fingerprint density at radius 2 is 1.89 bits per heavy atom. The van der Waals surface area contributed by atoms with Crippen molar-refractivity contribution in [3.8, 4) is 11.5 Å². The highest BCUT2D eigenvalue weighted by Gasteiger charge is 2.10. The Morgan fingerprint density at radius 1 is 1.21 bits per heavy atom. The number of quaternary nitrogens is 1. The van der Waals surface area contributed by atoms with Crippen molar-refractivity contribution in [3.63, 3.8) is 0 Å². The highest BCUT2D eigenvalue weighted by atomic mass is 16.5. The lowest BCUT2D eigenvalue weighted by Gasteiger charge is -2.14. The van der Waals surface area contributed by atoms with Crippen LogP contribution < -0.4 is 4.90 Å². The molecule has 5 heteroatoms. The van der Waals surface area contributed by atoms with Crippen molar-refractivity contribution in [3.05, 3.63) is 23.8 Å². The number of phenolic OH excluding ortho intramolecular Hbond substituents is 2. The molecule has 0 aliphatic carbocycles. The third-order valence-corrected chi connectivity index (χ3v) is 3.12. The summed E-state index contributed by atoms with van der Waals surface area (Å²) in [4.78, 5) is 13.1. The van der Waals surface area contributed by atoms with E-state index in [1.54, 1.807) is 0 Å². The molecule has 1 aromatic carbocycles. The van der Waals surface area contributed by atoms with Crippen LogP contribution in [0.5, 0.6) is 11.5 Å². The molecular weight excluding hydrogens is 246 g/mol. The Morgan fingerprint density at radius 3 is 2.47 bits per heavy atom. The van der Waals surface area contributed by atoms with Crippen LogP contribution in [0.1, 0.15) is 30.6 Å². The fraction of sp³-hybridized carbons (Fsp3) is 0.500. The second-order valence-electron chi connectivity index (χ2n) is 4.40. The molecule has 0 atom stereocenters. The highest BCUT2D eigenvalue weighted by Crippen LogP contribution is 2.25. The molecule has 0 radical (unpaired) electrons. The van der Waals surface area contributed by atoms with E-state index < -0.39 is 5.97 Å². The third kappa shape index (κ3) is 4.79. The summed E-state index contributed by atoms with van der Waals surface area (Å²) in [5.41, 5.74) is 0.241. The first kappa shape index (κ1) is 15.3. The molecule has 3 N–H and O–H groups in total. The number of rotatable bonds is 7. The Bertz CT molecular complexity index is 416. The van der Waals surface area contributed by atoms with Gasteiger partial charge >= 0.3 is 5.97 Å². The standard InChI is InChI=1S/C14H21NO4/c1-3-15(4-2)8-5-9-19-14(18)11-6-7-12(16)13(17)10-11/h6-7,10,16-17H,3-5,8-9H2,1-2H3/p+1. The maximum atomic E-state index is 11.7. The zero-order valence-corrected chi connectivity index (χ0v) is 11.5. The minimum Gasteiger partial charge on any atom is -0.504 e. The zero-order valence-electron chi connectivity index (χ0n) is 11.5. The van der Waals surface area contributed by atoms with Crippen LogP contribution in [-0.2, 0) is 4.74 Å². The molecule has 19 heavy (non-hydrogen) atoms. The summed E-state index contributed by atoms with van der Waals surface area (Å²) in [5, 5.41) is 18.4. The van der Waals surface area contributed by atoms with Crippen LogP contribution in [0.3, 0.4) is 0 Å². The third-order valence-electron chi connectivity index (χ3n) is 3.12. The second-order valence-corrected chi connectivity index (χ2v) is 4.40. The van der Waals surface area contributed by atoms with Gasteiger partial charge in [-0.1, -0.05) is 0 Å². The maximum absolute atomic E-state index is 11.7. The van der Waals surface area contributed by atoms with Gasteiger partial charge < -0.3 is 19.8 Å². The summed E-state index contributed by atoms with van der Waals surface area (Å²) in [6.45, 7) is 7.73. The van der Waals surface area contributed by atoms with Crippen molar-refractivity contribution in [2.24, 2.45) is 0 Å². The summed E-state index contributed by atoms with van der Waals surface area (Å²) in [5.74, 6) is -1.05. The van der Waals surface area contributed by atoms with E-state index in [1.807, 2.05) is 0 Å². The molecule has 0 fully saturated rings. The molecule has 0 saturated heterocycles. The predicted octanol–water partition coefficient (Wildman–Crippen LogP) is 0.569. The number of benzene rings is 1. The number of nitrogens with one attached hydrogen (secondary N) is 1. The van der Waals surface area contributed by atoms with Crippen LogP contribution >= 0.6 is 0 Å². The lowest BCUT2D eigenvalue weighted by atomic mass is 10.2. The van der Waals surface area contributed by atoms with Crippen molar-refractivity contribution in [1.82, 2.24) is 0 Å². The summed E-state index contributed by atoms with van der Waals surface area (Å²) < 4.78 is 5.12. The minimum absolute atomic E-state index is 0.241. The Labute approximate surface area is 113 Å². The van der Waals surface area contributed by atoms with Gasteiger partial charge in [0, 0.05) is 6.42 Å². The normalized spacial score (nSPS) is 10.7. The number of phenols is 2. The van der Waals surface area contributed by atoms with E-state index in [0.29, 0.717) is 6.61 Å². The smallest absolute Gasteiger partial charge is 0.338 e. The lowest BCUT2D eigenvalue weighted by molar-refractivity contribution is -0.896. The van der Waals surface area contributed by atoms with Crippen molar-refractivity contribution in [2.45, 2.75) is 20.3 Å². The van der Waals surface area contributed by atoms with Crippen LogP contribution in [0.2, 0.25) is 0 Å². The molecule has 5 nitrogen and oxygen atoms in total. The second kappa shape index (κ2) is 7.63. The van der Waals surface area contributed by atoms with Gasteiger partial charge in [0.2, 0.25) is 0 Å². The van der Waals surface area contributed by atoms with E-state index in [4.69, 9.17) is 9.84 Å². The van der Waals surface area contributed by atoms with Crippen molar-refractivity contribution >= 4 is 5.97 Å². The molecule has 0 aliphatic rings. The van der Waals surface area contributed by atoms with Gasteiger partial charge in [0.1, 0.15) is 0 Å². The van der Waals surface area contributed by atoms with E-state index in [1.165, 1.54) is 23.1 Å². The molecule has 0 spiro atoms. The Balaban J connectivity index is 2.37. The van der Waals surface area contributed by atoms with Gasteiger partial charge in [0.05, 0.1) is 31.8 Å². The van der Waals surface area contributed by atoms with Gasteiger partial charge in [0.25, 0.3) is 0 Å². The Kier molecular flexibility index (Phi) is 6.15. The molecule has 0 unspecified atom stereocenters. The van der Waals surface area contributed by atoms with E-state index in [-0.39, 0.29) is 17.1 Å². The first-order chi connectivity index (χ1) is 9.08. The molecule has 1 aromatic rings. The van der Waals surface area contributed by atoms with Crippen LogP contribution in [0.25, 0.3) is 0 Å². The van der Waals surface area contributed by atoms with Crippen molar-refractivity contribution in [1.29, 1.82) is 0 Å². The first-order valence-electron chi connectivity index (χ1n) is 6.61. The average molecular weight is 268 g/mol. The average Bonchev–Trinajstić information content (AvgIpc) is 2.42. The van der Waals surface area contributed by atoms with E-state index in [0.717, 1.165) is 26.1 Å². The van der Waals surface area contributed by atoms with Crippen LogP contribution in [0, 0.1) is 0 Å². The first-order valence-corrected chi connectivity index (χ1v) is 6.61. The topological polar surface area (TPSA) is 71.2 Å².